The topological polar surface area (TPSA) is 56.0 Å². The van der Waals surface area contributed by atoms with Crippen LogP contribution in [0.25, 0.3) is 0 Å². The summed E-state index contributed by atoms with van der Waals surface area (Å²) >= 11 is 5.09. The van der Waals surface area contributed by atoms with E-state index in [0.29, 0.717) is 11.4 Å². The zero-order valence-electron chi connectivity index (χ0n) is 5.30. The standard InChI is InChI=1S/C5H5ClN2O2/c1-3-4(2-5(6)9)8-10-7-3/h2H2,1H3. The molecule has 0 N–H and O–H groups in total. The van der Waals surface area contributed by atoms with Crippen molar-refractivity contribution in [1.29, 1.82) is 0 Å². The normalized spacial score (nSPS) is 9.80. The molecule has 0 unspecified atom stereocenters. The lowest BCUT2D eigenvalue weighted by atomic mass is 10.3. The fourth-order valence-electron chi connectivity index (χ4n) is 0.542. The molecule has 4 nitrogen and oxygen atoms in total. The Bertz CT molecular complexity index is 246. The summed E-state index contributed by atoms with van der Waals surface area (Å²) in [6.45, 7) is 1.70. The largest absolute Gasteiger partial charge is 0.281 e. The number of hydrogen-bond donors (Lipinski definition) is 0. The maximum absolute atomic E-state index is 10.3. The van der Waals surface area contributed by atoms with E-state index >= 15 is 0 Å². The van der Waals surface area contributed by atoms with Crippen LogP contribution in [0.15, 0.2) is 4.63 Å². The molecular formula is C5H5ClN2O2. The Morgan fingerprint density at radius 2 is 2.40 bits per heavy atom. The number of carbonyl (C=O) groups excluding carboxylic acids is 1. The van der Waals surface area contributed by atoms with E-state index in [2.05, 4.69) is 14.9 Å². The summed E-state index contributed by atoms with van der Waals surface area (Å²) in [5.41, 5.74) is 1.11. The minimum absolute atomic E-state index is 0.0802. The quantitative estimate of drug-likeness (QED) is 0.598. The van der Waals surface area contributed by atoms with Crippen LogP contribution in [0.1, 0.15) is 11.4 Å². The molecule has 0 aliphatic rings. The van der Waals surface area contributed by atoms with Crippen LogP contribution in [0.4, 0.5) is 0 Å². The van der Waals surface area contributed by atoms with Crippen molar-refractivity contribution in [3.05, 3.63) is 11.4 Å². The first-order valence-corrected chi connectivity index (χ1v) is 3.04. The first kappa shape index (κ1) is 7.21. The number of carbonyl (C=O) groups is 1. The average Bonchev–Trinajstić information content (AvgIpc) is 2.15. The molecule has 0 aromatic carbocycles. The van der Waals surface area contributed by atoms with Gasteiger partial charge in [-0.1, -0.05) is 10.3 Å². The Kier molecular flexibility index (Phi) is 2.01. The zero-order chi connectivity index (χ0) is 7.56. The molecule has 0 spiro atoms. The summed E-state index contributed by atoms with van der Waals surface area (Å²) in [6.07, 6.45) is 0.0802. The molecule has 0 aliphatic carbocycles. The highest BCUT2D eigenvalue weighted by atomic mass is 35.5. The molecule has 0 amide bonds. The molecule has 1 aromatic heterocycles. The molecule has 1 aromatic rings. The van der Waals surface area contributed by atoms with Gasteiger partial charge in [0.15, 0.2) is 0 Å². The Morgan fingerprint density at radius 1 is 1.70 bits per heavy atom. The second-order valence-corrected chi connectivity index (χ2v) is 2.25. The Labute approximate surface area is 62.1 Å². The van der Waals surface area contributed by atoms with Gasteiger partial charge in [-0.3, -0.25) is 4.79 Å². The predicted octanol–water partition coefficient (Wildman–Crippen LogP) is 0.686. The van der Waals surface area contributed by atoms with Gasteiger partial charge in [-0.2, -0.15) is 0 Å². The van der Waals surface area contributed by atoms with Gasteiger partial charge in [0.1, 0.15) is 11.4 Å². The Balaban J connectivity index is 2.74. The van der Waals surface area contributed by atoms with Crippen LogP contribution in [0.3, 0.4) is 0 Å². The number of aryl methyl sites for hydroxylation is 1. The zero-order valence-corrected chi connectivity index (χ0v) is 6.05. The maximum atomic E-state index is 10.3. The summed E-state index contributed by atoms with van der Waals surface area (Å²) in [5, 5.41) is 6.48. The van der Waals surface area contributed by atoms with Crippen molar-refractivity contribution in [2.75, 3.05) is 0 Å². The lowest BCUT2D eigenvalue weighted by Gasteiger charge is -1.84. The van der Waals surface area contributed by atoms with E-state index < -0.39 is 5.24 Å². The SMILES string of the molecule is Cc1nonc1CC(=O)Cl. The molecule has 0 atom stereocenters. The molecule has 0 saturated carbocycles. The fourth-order valence-corrected chi connectivity index (χ4v) is 0.668. The Hall–Kier alpha value is -0.900. The number of halogens is 1. The van der Waals surface area contributed by atoms with Crippen LogP contribution in [-0.4, -0.2) is 15.6 Å². The Morgan fingerprint density at radius 3 is 2.80 bits per heavy atom. The van der Waals surface area contributed by atoms with Gasteiger partial charge in [0.25, 0.3) is 0 Å². The van der Waals surface area contributed by atoms with E-state index in [9.17, 15) is 4.79 Å². The monoisotopic (exact) mass is 160 g/mol. The van der Waals surface area contributed by atoms with Crippen molar-refractivity contribution in [2.24, 2.45) is 0 Å². The van der Waals surface area contributed by atoms with Gasteiger partial charge < -0.3 is 0 Å². The molecule has 1 rings (SSSR count). The molecule has 1 heterocycles. The molecule has 0 aliphatic heterocycles. The van der Waals surface area contributed by atoms with Gasteiger partial charge in [0.2, 0.25) is 5.24 Å². The summed E-state index contributed by atoms with van der Waals surface area (Å²) in [7, 11) is 0. The number of aromatic nitrogens is 2. The molecule has 0 bridgehead atoms. The predicted molar refractivity (Wildman–Crippen MR) is 33.6 cm³/mol. The number of nitrogens with zero attached hydrogens (tertiary/aromatic N) is 2. The third kappa shape index (κ3) is 1.54. The third-order valence-corrected chi connectivity index (χ3v) is 1.19. The highest BCUT2D eigenvalue weighted by Crippen LogP contribution is 2.02. The van der Waals surface area contributed by atoms with E-state index in [1.165, 1.54) is 0 Å². The van der Waals surface area contributed by atoms with Crippen molar-refractivity contribution in [2.45, 2.75) is 13.3 Å². The number of hydrogen-bond acceptors (Lipinski definition) is 4. The smallest absolute Gasteiger partial charge is 0.227 e. The van der Waals surface area contributed by atoms with E-state index in [0.717, 1.165) is 0 Å². The lowest BCUT2D eigenvalue weighted by molar-refractivity contribution is -0.111. The minimum Gasteiger partial charge on any atom is -0.281 e. The van der Waals surface area contributed by atoms with Gasteiger partial charge in [-0.15, -0.1) is 0 Å². The average molecular weight is 161 g/mol. The van der Waals surface area contributed by atoms with Gasteiger partial charge >= 0.3 is 0 Å². The van der Waals surface area contributed by atoms with Crippen LogP contribution in [0, 0.1) is 6.92 Å². The van der Waals surface area contributed by atoms with Crippen LogP contribution in [0.5, 0.6) is 0 Å². The van der Waals surface area contributed by atoms with Gasteiger partial charge in [-0.05, 0) is 18.5 Å². The summed E-state index contributed by atoms with van der Waals surface area (Å²) in [5.74, 6) is 0. The summed E-state index contributed by atoms with van der Waals surface area (Å²) in [4.78, 5) is 10.3. The van der Waals surface area contributed by atoms with Crippen molar-refractivity contribution in [3.8, 4) is 0 Å². The molecule has 5 heteroatoms. The molecule has 10 heavy (non-hydrogen) atoms. The molecular weight excluding hydrogens is 156 g/mol. The number of rotatable bonds is 2. The third-order valence-electron chi connectivity index (χ3n) is 1.05. The van der Waals surface area contributed by atoms with Gasteiger partial charge in [0, 0.05) is 0 Å². The van der Waals surface area contributed by atoms with Crippen LogP contribution < -0.4 is 0 Å². The second-order valence-electron chi connectivity index (χ2n) is 1.83. The molecule has 0 fully saturated rings. The first-order chi connectivity index (χ1) is 4.70. The van der Waals surface area contributed by atoms with E-state index in [-0.39, 0.29) is 6.42 Å². The highest BCUT2D eigenvalue weighted by molar-refractivity contribution is 6.63. The van der Waals surface area contributed by atoms with E-state index in [1.54, 1.807) is 6.92 Å². The van der Waals surface area contributed by atoms with Crippen molar-refractivity contribution in [1.82, 2.24) is 10.3 Å². The van der Waals surface area contributed by atoms with Gasteiger partial charge in [0.05, 0.1) is 6.42 Å². The van der Waals surface area contributed by atoms with Crippen molar-refractivity contribution >= 4 is 16.8 Å². The van der Waals surface area contributed by atoms with Crippen molar-refractivity contribution < 1.29 is 9.42 Å². The molecule has 54 valence electrons. The summed E-state index contributed by atoms with van der Waals surface area (Å²) < 4.78 is 4.34. The lowest BCUT2D eigenvalue weighted by Crippen LogP contribution is -1.95. The minimum atomic E-state index is -0.459. The molecule has 0 saturated heterocycles. The first-order valence-electron chi connectivity index (χ1n) is 2.66. The highest BCUT2D eigenvalue weighted by Gasteiger charge is 2.07. The van der Waals surface area contributed by atoms with Gasteiger partial charge in [-0.25, -0.2) is 4.63 Å². The second kappa shape index (κ2) is 2.79. The molecule has 0 radical (unpaired) electrons. The fraction of sp³-hybridized carbons (Fsp3) is 0.400. The van der Waals surface area contributed by atoms with Crippen LogP contribution >= 0.6 is 11.6 Å². The maximum Gasteiger partial charge on any atom is 0.227 e. The van der Waals surface area contributed by atoms with Crippen LogP contribution in [-0.2, 0) is 11.2 Å². The van der Waals surface area contributed by atoms with E-state index in [1.807, 2.05) is 0 Å². The van der Waals surface area contributed by atoms with Crippen molar-refractivity contribution in [3.63, 3.8) is 0 Å². The van der Waals surface area contributed by atoms with E-state index in [4.69, 9.17) is 11.6 Å². The van der Waals surface area contributed by atoms with Crippen LogP contribution in [0.2, 0.25) is 0 Å². The summed E-state index contributed by atoms with van der Waals surface area (Å²) in [6, 6.07) is 0.